The molecular formula is C19H26N4O2. The first-order chi connectivity index (χ1) is 12.1. The van der Waals surface area contributed by atoms with Crippen LogP contribution in [0.25, 0.3) is 11.4 Å². The molecule has 25 heavy (non-hydrogen) atoms. The summed E-state index contributed by atoms with van der Waals surface area (Å²) in [6.07, 6.45) is 6.11. The third-order valence-electron chi connectivity index (χ3n) is 4.89. The Morgan fingerprint density at radius 2 is 2.08 bits per heavy atom. The number of nitrogens with one attached hydrogen (secondary N) is 1. The van der Waals surface area contributed by atoms with Crippen molar-refractivity contribution < 1.29 is 10.2 Å². The first kappa shape index (κ1) is 17.9. The van der Waals surface area contributed by atoms with E-state index in [2.05, 4.69) is 34.1 Å². The molecule has 0 bridgehead atoms. The number of pyridine rings is 1. The standard InChI is InChI=1S/C19H26N4O2/c1-12(2)22-17-9-18(25)16(11-24)15(17)8-14-5-7-21-19(23-14)13-4-3-6-20-10-13/h3-7,10,12,15-18,22,24-25H,8-9,11H2,1-2H3. The summed E-state index contributed by atoms with van der Waals surface area (Å²) in [5.74, 6) is 0.658. The topological polar surface area (TPSA) is 91.2 Å². The molecule has 2 heterocycles. The second kappa shape index (κ2) is 7.99. The van der Waals surface area contributed by atoms with Crippen LogP contribution < -0.4 is 5.32 Å². The minimum absolute atomic E-state index is 0.0113. The highest BCUT2D eigenvalue weighted by atomic mass is 16.3. The molecular weight excluding hydrogens is 316 g/mol. The normalized spacial score (nSPS) is 26.3. The molecule has 4 unspecified atom stereocenters. The fourth-order valence-corrected chi connectivity index (χ4v) is 3.75. The average molecular weight is 342 g/mol. The van der Waals surface area contributed by atoms with Crippen molar-refractivity contribution in [2.24, 2.45) is 11.8 Å². The maximum atomic E-state index is 10.3. The van der Waals surface area contributed by atoms with Crippen LogP contribution in [0, 0.1) is 11.8 Å². The molecule has 0 aliphatic heterocycles. The summed E-state index contributed by atoms with van der Waals surface area (Å²) in [6.45, 7) is 4.18. The monoisotopic (exact) mass is 342 g/mol. The Bertz CT molecular complexity index is 680. The molecule has 0 amide bonds. The van der Waals surface area contributed by atoms with Crippen molar-refractivity contribution >= 4 is 0 Å². The van der Waals surface area contributed by atoms with E-state index in [0.29, 0.717) is 24.7 Å². The molecule has 0 spiro atoms. The van der Waals surface area contributed by atoms with Crippen LogP contribution in [0.15, 0.2) is 36.8 Å². The summed E-state index contributed by atoms with van der Waals surface area (Å²) < 4.78 is 0. The van der Waals surface area contributed by atoms with Gasteiger partial charge in [-0.3, -0.25) is 4.98 Å². The van der Waals surface area contributed by atoms with Crippen LogP contribution in [-0.2, 0) is 6.42 Å². The lowest BCUT2D eigenvalue weighted by Gasteiger charge is -2.26. The fourth-order valence-electron chi connectivity index (χ4n) is 3.75. The van der Waals surface area contributed by atoms with Crippen LogP contribution in [0.2, 0.25) is 0 Å². The minimum atomic E-state index is -0.481. The molecule has 0 aromatic carbocycles. The molecule has 2 aromatic rings. The van der Waals surface area contributed by atoms with Crippen LogP contribution in [0.4, 0.5) is 0 Å². The summed E-state index contributed by atoms with van der Waals surface area (Å²) in [6, 6.07) is 6.21. The summed E-state index contributed by atoms with van der Waals surface area (Å²) in [4.78, 5) is 13.1. The lowest BCUT2D eigenvalue weighted by atomic mass is 9.88. The van der Waals surface area contributed by atoms with E-state index in [-0.39, 0.29) is 24.5 Å². The lowest BCUT2D eigenvalue weighted by Crippen LogP contribution is -2.40. The van der Waals surface area contributed by atoms with Gasteiger partial charge < -0.3 is 15.5 Å². The second-order valence-corrected chi connectivity index (χ2v) is 7.06. The van der Waals surface area contributed by atoms with E-state index in [0.717, 1.165) is 11.3 Å². The number of aliphatic hydroxyl groups is 2. The van der Waals surface area contributed by atoms with Crippen LogP contribution in [0.3, 0.4) is 0 Å². The smallest absolute Gasteiger partial charge is 0.160 e. The van der Waals surface area contributed by atoms with Crippen LogP contribution in [0.1, 0.15) is 26.0 Å². The van der Waals surface area contributed by atoms with E-state index < -0.39 is 6.10 Å². The van der Waals surface area contributed by atoms with Crippen molar-refractivity contribution in [3.8, 4) is 11.4 Å². The molecule has 3 rings (SSSR count). The summed E-state index contributed by atoms with van der Waals surface area (Å²) in [5, 5.41) is 23.6. The molecule has 1 fully saturated rings. The highest BCUT2D eigenvalue weighted by Crippen LogP contribution is 2.35. The number of aromatic nitrogens is 3. The van der Waals surface area contributed by atoms with Gasteiger partial charge in [-0.05, 0) is 37.0 Å². The highest BCUT2D eigenvalue weighted by Gasteiger charge is 2.42. The zero-order valence-electron chi connectivity index (χ0n) is 14.7. The highest BCUT2D eigenvalue weighted by molar-refractivity contribution is 5.52. The van der Waals surface area contributed by atoms with Crippen LogP contribution in [-0.4, -0.2) is 50.0 Å². The second-order valence-electron chi connectivity index (χ2n) is 7.06. The average Bonchev–Trinajstić information content (AvgIpc) is 2.89. The summed E-state index contributed by atoms with van der Waals surface area (Å²) in [5.41, 5.74) is 1.80. The van der Waals surface area contributed by atoms with E-state index in [1.165, 1.54) is 0 Å². The quantitative estimate of drug-likeness (QED) is 0.736. The Hall–Kier alpha value is -1.89. The van der Waals surface area contributed by atoms with Crippen molar-refractivity contribution in [2.75, 3.05) is 6.61 Å². The van der Waals surface area contributed by atoms with Gasteiger partial charge in [0.1, 0.15) is 0 Å². The van der Waals surface area contributed by atoms with E-state index in [9.17, 15) is 10.2 Å². The molecule has 0 radical (unpaired) electrons. The van der Waals surface area contributed by atoms with Crippen molar-refractivity contribution in [1.29, 1.82) is 0 Å². The minimum Gasteiger partial charge on any atom is -0.396 e. The maximum Gasteiger partial charge on any atom is 0.160 e. The molecule has 1 aliphatic carbocycles. The third-order valence-corrected chi connectivity index (χ3v) is 4.89. The molecule has 134 valence electrons. The molecule has 0 saturated heterocycles. The van der Waals surface area contributed by atoms with E-state index in [4.69, 9.17) is 0 Å². The number of rotatable bonds is 6. The Kier molecular flexibility index (Phi) is 5.73. The summed E-state index contributed by atoms with van der Waals surface area (Å²) in [7, 11) is 0. The van der Waals surface area contributed by atoms with Gasteiger partial charge in [-0.25, -0.2) is 9.97 Å². The van der Waals surface area contributed by atoms with Crippen molar-refractivity contribution in [3.63, 3.8) is 0 Å². The number of hydrogen-bond donors (Lipinski definition) is 3. The third kappa shape index (κ3) is 4.21. The molecule has 1 aliphatic rings. The van der Waals surface area contributed by atoms with E-state index in [1.807, 2.05) is 18.2 Å². The van der Waals surface area contributed by atoms with Gasteiger partial charge in [0, 0.05) is 54.5 Å². The van der Waals surface area contributed by atoms with E-state index >= 15 is 0 Å². The zero-order chi connectivity index (χ0) is 17.8. The van der Waals surface area contributed by atoms with Gasteiger partial charge in [0.15, 0.2) is 5.82 Å². The van der Waals surface area contributed by atoms with Gasteiger partial charge in [-0.1, -0.05) is 13.8 Å². The summed E-state index contributed by atoms with van der Waals surface area (Å²) >= 11 is 0. The molecule has 3 N–H and O–H groups in total. The van der Waals surface area contributed by atoms with Gasteiger partial charge in [0.25, 0.3) is 0 Å². The molecule has 6 nitrogen and oxygen atoms in total. The first-order valence-corrected chi connectivity index (χ1v) is 8.85. The number of aliphatic hydroxyl groups excluding tert-OH is 2. The predicted molar refractivity (Wildman–Crippen MR) is 95.7 cm³/mol. The molecule has 2 aromatic heterocycles. The Morgan fingerprint density at radius 1 is 1.24 bits per heavy atom. The first-order valence-electron chi connectivity index (χ1n) is 8.85. The van der Waals surface area contributed by atoms with Crippen molar-refractivity contribution in [1.82, 2.24) is 20.3 Å². The van der Waals surface area contributed by atoms with Gasteiger partial charge in [0.2, 0.25) is 0 Å². The maximum absolute atomic E-state index is 10.3. The predicted octanol–water partition coefficient (Wildman–Crippen LogP) is 1.44. The lowest BCUT2D eigenvalue weighted by molar-refractivity contribution is 0.0715. The van der Waals surface area contributed by atoms with Crippen molar-refractivity contribution in [3.05, 3.63) is 42.5 Å². The Morgan fingerprint density at radius 3 is 2.76 bits per heavy atom. The SMILES string of the molecule is CC(C)NC1CC(O)C(CO)C1Cc1ccnc(-c2cccnc2)n1. The Balaban J connectivity index is 1.82. The van der Waals surface area contributed by atoms with E-state index in [1.54, 1.807) is 18.6 Å². The largest absolute Gasteiger partial charge is 0.396 e. The number of nitrogens with zero attached hydrogens (tertiary/aromatic N) is 3. The van der Waals surface area contributed by atoms with Gasteiger partial charge in [0.05, 0.1) is 6.10 Å². The van der Waals surface area contributed by atoms with Crippen LogP contribution >= 0.6 is 0 Å². The molecule has 6 heteroatoms. The Labute approximate surface area is 148 Å². The fraction of sp³-hybridized carbons (Fsp3) is 0.526. The van der Waals surface area contributed by atoms with Gasteiger partial charge >= 0.3 is 0 Å². The zero-order valence-corrected chi connectivity index (χ0v) is 14.7. The van der Waals surface area contributed by atoms with Crippen LogP contribution in [0.5, 0.6) is 0 Å². The van der Waals surface area contributed by atoms with Gasteiger partial charge in [-0.2, -0.15) is 0 Å². The molecule has 4 atom stereocenters. The molecule has 1 saturated carbocycles. The number of hydrogen-bond acceptors (Lipinski definition) is 6. The van der Waals surface area contributed by atoms with Crippen molar-refractivity contribution in [2.45, 2.75) is 44.9 Å². The van der Waals surface area contributed by atoms with Gasteiger partial charge in [-0.15, -0.1) is 0 Å².